The number of carboxylic acid groups (broad SMARTS) is 1. The van der Waals surface area contributed by atoms with Crippen molar-refractivity contribution in [3.8, 4) is 0 Å². The second-order valence-electron chi connectivity index (χ2n) is 3.98. The molecule has 3 N–H and O–H groups in total. The lowest BCUT2D eigenvalue weighted by molar-refractivity contribution is 0.0697. The number of hydrogen-bond donors (Lipinski definition) is 3. The third-order valence-electron chi connectivity index (χ3n) is 3.08. The van der Waals surface area contributed by atoms with Crippen molar-refractivity contribution < 1.29 is 15.0 Å². The maximum absolute atomic E-state index is 11.0. The molecule has 0 atom stereocenters. The largest absolute Gasteiger partial charge is 0.478 e. The van der Waals surface area contributed by atoms with Crippen LogP contribution in [0, 0.1) is 0 Å². The Bertz CT molecular complexity index is 381. The normalized spacial score (nSPS) is 11.2. The second kappa shape index (κ2) is 5.63. The predicted octanol–water partition coefficient (Wildman–Crippen LogP) is 1.74. The van der Waals surface area contributed by atoms with Crippen molar-refractivity contribution in [2.45, 2.75) is 32.2 Å². The standard InChI is InChI=1S/C12H18N2O3/c1-3-12(4-2,8-15)14-10-9(11(16)17)6-5-7-13-10/h5-7,15H,3-4,8H2,1-2H3,(H,13,14)(H,16,17). The van der Waals surface area contributed by atoms with Gasteiger partial charge in [0.05, 0.1) is 12.1 Å². The van der Waals surface area contributed by atoms with Gasteiger partial charge in [0.1, 0.15) is 11.4 Å². The average molecular weight is 238 g/mol. The van der Waals surface area contributed by atoms with Gasteiger partial charge in [0.15, 0.2) is 0 Å². The number of carboxylic acids is 1. The van der Waals surface area contributed by atoms with Gasteiger partial charge in [-0.3, -0.25) is 0 Å². The summed E-state index contributed by atoms with van der Waals surface area (Å²) in [5.74, 6) is -0.725. The van der Waals surface area contributed by atoms with E-state index in [1.54, 1.807) is 6.07 Å². The number of nitrogens with one attached hydrogen (secondary N) is 1. The molecule has 1 aromatic rings. The molecule has 0 aliphatic heterocycles. The monoisotopic (exact) mass is 238 g/mol. The van der Waals surface area contributed by atoms with E-state index < -0.39 is 11.5 Å². The number of carbonyl (C=O) groups is 1. The van der Waals surface area contributed by atoms with Crippen molar-refractivity contribution in [3.05, 3.63) is 23.9 Å². The Balaban J connectivity index is 3.05. The van der Waals surface area contributed by atoms with E-state index in [0.717, 1.165) is 0 Å². The molecule has 0 aliphatic carbocycles. The molecule has 0 spiro atoms. The minimum Gasteiger partial charge on any atom is -0.478 e. The van der Waals surface area contributed by atoms with E-state index >= 15 is 0 Å². The van der Waals surface area contributed by atoms with Gasteiger partial charge < -0.3 is 15.5 Å². The summed E-state index contributed by atoms with van der Waals surface area (Å²) in [5.41, 5.74) is -0.398. The van der Waals surface area contributed by atoms with Crippen LogP contribution in [-0.4, -0.2) is 33.3 Å². The van der Waals surface area contributed by atoms with Crippen molar-refractivity contribution in [2.24, 2.45) is 0 Å². The van der Waals surface area contributed by atoms with Crippen LogP contribution in [0.25, 0.3) is 0 Å². The van der Waals surface area contributed by atoms with Crippen LogP contribution in [0.3, 0.4) is 0 Å². The smallest absolute Gasteiger partial charge is 0.339 e. The zero-order valence-electron chi connectivity index (χ0n) is 10.1. The van der Waals surface area contributed by atoms with Crippen molar-refractivity contribution in [2.75, 3.05) is 11.9 Å². The highest BCUT2D eigenvalue weighted by atomic mass is 16.4. The molecule has 17 heavy (non-hydrogen) atoms. The highest BCUT2D eigenvalue weighted by molar-refractivity contribution is 5.93. The van der Waals surface area contributed by atoms with Gasteiger partial charge in [-0.15, -0.1) is 0 Å². The molecular formula is C12H18N2O3. The maximum Gasteiger partial charge on any atom is 0.339 e. The van der Waals surface area contributed by atoms with E-state index in [-0.39, 0.29) is 12.2 Å². The first-order chi connectivity index (χ1) is 8.08. The number of rotatable bonds is 6. The molecule has 0 unspecified atom stereocenters. The van der Waals surface area contributed by atoms with Gasteiger partial charge in [0.2, 0.25) is 0 Å². The Labute approximate surface area is 101 Å². The Morgan fingerprint density at radius 3 is 2.59 bits per heavy atom. The fourth-order valence-corrected chi connectivity index (χ4v) is 1.62. The molecular weight excluding hydrogens is 220 g/mol. The first-order valence-electron chi connectivity index (χ1n) is 5.66. The fourth-order valence-electron chi connectivity index (χ4n) is 1.62. The molecule has 0 saturated heterocycles. The van der Waals surface area contributed by atoms with Crippen LogP contribution in [0.1, 0.15) is 37.0 Å². The maximum atomic E-state index is 11.0. The van der Waals surface area contributed by atoms with Crippen molar-refractivity contribution in [1.29, 1.82) is 0 Å². The van der Waals surface area contributed by atoms with Crippen LogP contribution in [0.15, 0.2) is 18.3 Å². The van der Waals surface area contributed by atoms with Crippen molar-refractivity contribution in [1.82, 2.24) is 4.98 Å². The summed E-state index contributed by atoms with van der Waals surface area (Å²) in [5, 5.41) is 21.5. The summed E-state index contributed by atoms with van der Waals surface area (Å²) >= 11 is 0. The first-order valence-corrected chi connectivity index (χ1v) is 5.66. The zero-order valence-corrected chi connectivity index (χ0v) is 10.1. The molecule has 5 nitrogen and oxygen atoms in total. The van der Waals surface area contributed by atoms with E-state index in [4.69, 9.17) is 5.11 Å². The third kappa shape index (κ3) is 2.94. The van der Waals surface area contributed by atoms with Gasteiger partial charge >= 0.3 is 5.97 Å². The topological polar surface area (TPSA) is 82.5 Å². The number of aromatic nitrogens is 1. The van der Waals surface area contributed by atoms with Crippen molar-refractivity contribution >= 4 is 11.8 Å². The van der Waals surface area contributed by atoms with Gasteiger partial charge in [-0.25, -0.2) is 9.78 Å². The van der Waals surface area contributed by atoms with E-state index in [0.29, 0.717) is 18.7 Å². The number of aromatic carboxylic acids is 1. The number of aliphatic hydroxyl groups is 1. The van der Waals surface area contributed by atoms with Gasteiger partial charge in [-0.2, -0.15) is 0 Å². The summed E-state index contributed by atoms with van der Waals surface area (Å²) in [4.78, 5) is 15.1. The lowest BCUT2D eigenvalue weighted by atomic mass is 9.93. The molecule has 0 aliphatic rings. The number of aliphatic hydroxyl groups excluding tert-OH is 1. The molecule has 94 valence electrons. The highest BCUT2D eigenvalue weighted by Gasteiger charge is 2.27. The minimum atomic E-state index is -1.03. The number of pyridine rings is 1. The van der Waals surface area contributed by atoms with Crippen LogP contribution >= 0.6 is 0 Å². The molecule has 0 bridgehead atoms. The minimum absolute atomic E-state index is 0.0599. The van der Waals surface area contributed by atoms with Crippen LogP contribution < -0.4 is 5.32 Å². The van der Waals surface area contributed by atoms with Gasteiger partial charge in [-0.1, -0.05) is 13.8 Å². The second-order valence-corrected chi connectivity index (χ2v) is 3.98. The Morgan fingerprint density at radius 1 is 1.47 bits per heavy atom. The average Bonchev–Trinajstić information content (AvgIpc) is 2.36. The van der Waals surface area contributed by atoms with E-state index in [1.165, 1.54) is 12.3 Å². The lowest BCUT2D eigenvalue weighted by Crippen LogP contribution is -2.41. The number of anilines is 1. The third-order valence-corrected chi connectivity index (χ3v) is 3.08. The zero-order chi connectivity index (χ0) is 12.9. The molecule has 1 aromatic heterocycles. The van der Waals surface area contributed by atoms with Gasteiger partial charge in [0.25, 0.3) is 0 Å². The first kappa shape index (κ1) is 13.4. The molecule has 0 radical (unpaired) electrons. The molecule has 0 fully saturated rings. The summed E-state index contributed by atoms with van der Waals surface area (Å²) in [7, 11) is 0. The molecule has 0 aromatic carbocycles. The summed E-state index contributed by atoms with van der Waals surface area (Å²) in [6, 6.07) is 3.07. The van der Waals surface area contributed by atoms with Gasteiger partial charge in [0, 0.05) is 6.20 Å². The fraction of sp³-hybridized carbons (Fsp3) is 0.500. The molecule has 1 heterocycles. The molecule has 1 rings (SSSR count). The van der Waals surface area contributed by atoms with Crippen LogP contribution in [0.2, 0.25) is 0 Å². The van der Waals surface area contributed by atoms with E-state index in [1.807, 2.05) is 13.8 Å². The lowest BCUT2D eigenvalue weighted by Gasteiger charge is -2.31. The quantitative estimate of drug-likeness (QED) is 0.703. The molecule has 5 heteroatoms. The Hall–Kier alpha value is -1.62. The van der Waals surface area contributed by atoms with E-state index in [2.05, 4.69) is 10.3 Å². The van der Waals surface area contributed by atoms with Crippen LogP contribution in [-0.2, 0) is 0 Å². The van der Waals surface area contributed by atoms with Crippen LogP contribution in [0.5, 0.6) is 0 Å². The number of hydrogen-bond acceptors (Lipinski definition) is 4. The summed E-state index contributed by atoms with van der Waals surface area (Å²) < 4.78 is 0. The number of nitrogens with zero attached hydrogens (tertiary/aromatic N) is 1. The Kier molecular flexibility index (Phi) is 4.45. The summed E-state index contributed by atoms with van der Waals surface area (Å²) in [6.07, 6.45) is 2.91. The van der Waals surface area contributed by atoms with Crippen molar-refractivity contribution in [3.63, 3.8) is 0 Å². The molecule has 0 saturated carbocycles. The highest BCUT2D eigenvalue weighted by Crippen LogP contribution is 2.22. The van der Waals surface area contributed by atoms with E-state index in [9.17, 15) is 9.90 Å². The van der Waals surface area contributed by atoms with Crippen LogP contribution in [0.4, 0.5) is 5.82 Å². The van der Waals surface area contributed by atoms with Gasteiger partial charge in [-0.05, 0) is 25.0 Å². The SMILES string of the molecule is CCC(CC)(CO)Nc1ncccc1C(=O)O. The Morgan fingerprint density at radius 2 is 2.12 bits per heavy atom. The summed E-state index contributed by atoms with van der Waals surface area (Å²) in [6.45, 7) is 3.82. The predicted molar refractivity (Wildman–Crippen MR) is 65.2 cm³/mol. The molecule has 0 amide bonds.